The summed E-state index contributed by atoms with van der Waals surface area (Å²) in [5.41, 5.74) is 0. The predicted molar refractivity (Wildman–Crippen MR) is 90.2 cm³/mol. The number of nitrogens with zero attached hydrogens (tertiary/aromatic N) is 3. The fraction of sp³-hybridized carbons (Fsp3) is 0.625. The largest absolute Gasteiger partial charge is 0.396 e. The van der Waals surface area contributed by atoms with Crippen LogP contribution in [0.5, 0.6) is 0 Å². The van der Waals surface area contributed by atoms with Crippen LogP contribution < -0.4 is 15.5 Å². The number of rotatable bonds is 6. The Morgan fingerprint density at radius 1 is 1.61 bits per heavy atom. The Balaban J connectivity index is 1.93. The third-order valence-electron chi connectivity index (χ3n) is 3.78. The zero-order valence-electron chi connectivity index (χ0n) is 13.8. The highest BCUT2D eigenvalue weighted by Gasteiger charge is 2.25. The SMILES string of the molecule is CCNC(=NCC(C)CO)NC1CCN(c2ncccc2F)C1. The van der Waals surface area contributed by atoms with E-state index < -0.39 is 0 Å². The van der Waals surface area contributed by atoms with Crippen LogP contribution in [-0.2, 0) is 0 Å². The first-order valence-electron chi connectivity index (χ1n) is 8.15. The van der Waals surface area contributed by atoms with E-state index in [1.807, 2.05) is 18.7 Å². The number of aliphatic hydroxyl groups excluding tert-OH is 1. The lowest BCUT2D eigenvalue weighted by Gasteiger charge is -2.20. The molecule has 0 spiro atoms. The average molecular weight is 323 g/mol. The highest BCUT2D eigenvalue weighted by atomic mass is 19.1. The molecule has 3 N–H and O–H groups in total. The summed E-state index contributed by atoms with van der Waals surface area (Å²) >= 11 is 0. The number of nitrogens with one attached hydrogen (secondary N) is 2. The van der Waals surface area contributed by atoms with Crippen LogP contribution in [0.1, 0.15) is 20.3 Å². The van der Waals surface area contributed by atoms with Gasteiger partial charge in [0.25, 0.3) is 0 Å². The zero-order chi connectivity index (χ0) is 16.7. The van der Waals surface area contributed by atoms with Gasteiger partial charge in [-0.2, -0.15) is 0 Å². The first-order valence-corrected chi connectivity index (χ1v) is 8.15. The van der Waals surface area contributed by atoms with E-state index in [2.05, 4.69) is 20.6 Å². The van der Waals surface area contributed by atoms with E-state index in [0.29, 0.717) is 18.9 Å². The standard InChI is InChI=1S/C16H26FN5O/c1-3-18-16(20-9-12(2)11-23)21-13-6-8-22(10-13)15-14(17)5-4-7-19-15/h4-5,7,12-13,23H,3,6,8-11H2,1-2H3,(H2,18,20,21). The highest BCUT2D eigenvalue weighted by Crippen LogP contribution is 2.20. The van der Waals surface area contributed by atoms with Crippen molar-refractivity contribution >= 4 is 11.8 Å². The maximum absolute atomic E-state index is 13.8. The van der Waals surface area contributed by atoms with Gasteiger partial charge in [0.2, 0.25) is 0 Å². The molecule has 0 saturated carbocycles. The van der Waals surface area contributed by atoms with Crippen LogP contribution in [0.2, 0.25) is 0 Å². The topological polar surface area (TPSA) is 72.8 Å². The Morgan fingerprint density at radius 3 is 3.13 bits per heavy atom. The number of anilines is 1. The second-order valence-electron chi connectivity index (χ2n) is 5.89. The molecular weight excluding hydrogens is 297 g/mol. The van der Waals surface area contributed by atoms with Gasteiger partial charge < -0.3 is 20.6 Å². The third kappa shape index (κ3) is 5.06. The summed E-state index contributed by atoms with van der Waals surface area (Å²) in [6.07, 6.45) is 2.51. The number of hydrogen-bond donors (Lipinski definition) is 3. The molecule has 2 rings (SSSR count). The van der Waals surface area contributed by atoms with Gasteiger partial charge >= 0.3 is 0 Å². The summed E-state index contributed by atoms with van der Waals surface area (Å²) in [5, 5.41) is 15.7. The van der Waals surface area contributed by atoms with E-state index in [1.54, 1.807) is 12.3 Å². The first kappa shape index (κ1) is 17.5. The van der Waals surface area contributed by atoms with Gasteiger partial charge in [-0.05, 0) is 31.4 Å². The van der Waals surface area contributed by atoms with Crippen LogP contribution >= 0.6 is 0 Å². The van der Waals surface area contributed by atoms with E-state index in [9.17, 15) is 4.39 Å². The second kappa shape index (κ2) is 8.67. The zero-order valence-corrected chi connectivity index (χ0v) is 13.8. The van der Waals surface area contributed by atoms with Crippen molar-refractivity contribution in [2.24, 2.45) is 10.9 Å². The molecule has 2 atom stereocenters. The molecule has 1 aromatic heterocycles. The van der Waals surface area contributed by atoms with E-state index in [-0.39, 0.29) is 24.4 Å². The first-order chi connectivity index (χ1) is 11.1. The molecule has 1 fully saturated rings. The molecule has 1 saturated heterocycles. The average Bonchev–Trinajstić information content (AvgIpc) is 3.01. The molecule has 6 nitrogen and oxygen atoms in total. The fourth-order valence-corrected chi connectivity index (χ4v) is 2.50. The van der Waals surface area contributed by atoms with Gasteiger partial charge in [0.15, 0.2) is 17.6 Å². The maximum atomic E-state index is 13.8. The van der Waals surface area contributed by atoms with Crippen molar-refractivity contribution in [2.75, 3.05) is 37.7 Å². The summed E-state index contributed by atoms with van der Waals surface area (Å²) in [7, 11) is 0. The minimum atomic E-state index is -0.287. The minimum absolute atomic E-state index is 0.124. The summed E-state index contributed by atoms with van der Waals surface area (Å²) in [4.78, 5) is 10.6. The molecule has 0 amide bonds. The van der Waals surface area contributed by atoms with Crippen molar-refractivity contribution < 1.29 is 9.50 Å². The van der Waals surface area contributed by atoms with Gasteiger partial charge in [0.05, 0.1) is 0 Å². The molecule has 1 aliphatic rings. The number of aliphatic imine (C=N–C) groups is 1. The summed E-state index contributed by atoms with van der Waals surface area (Å²) in [6, 6.07) is 3.23. The van der Waals surface area contributed by atoms with Gasteiger partial charge in [-0.15, -0.1) is 0 Å². The molecule has 128 valence electrons. The third-order valence-corrected chi connectivity index (χ3v) is 3.78. The van der Waals surface area contributed by atoms with Crippen LogP contribution in [-0.4, -0.2) is 54.9 Å². The Kier molecular flexibility index (Phi) is 6.58. The molecule has 0 radical (unpaired) electrons. The van der Waals surface area contributed by atoms with Crippen LogP contribution in [0.25, 0.3) is 0 Å². The summed E-state index contributed by atoms with van der Waals surface area (Å²) < 4.78 is 13.8. The Morgan fingerprint density at radius 2 is 2.43 bits per heavy atom. The highest BCUT2D eigenvalue weighted by molar-refractivity contribution is 5.80. The molecule has 1 aliphatic heterocycles. The smallest absolute Gasteiger partial charge is 0.191 e. The van der Waals surface area contributed by atoms with Gasteiger partial charge in [-0.1, -0.05) is 6.92 Å². The van der Waals surface area contributed by atoms with E-state index >= 15 is 0 Å². The van der Waals surface area contributed by atoms with Crippen molar-refractivity contribution in [1.82, 2.24) is 15.6 Å². The van der Waals surface area contributed by atoms with Gasteiger partial charge in [0.1, 0.15) is 0 Å². The van der Waals surface area contributed by atoms with Crippen LogP contribution in [0.4, 0.5) is 10.2 Å². The quantitative estimate of drug-likeness (QED) is 0.538. The number of pyridine rings is 1. The van der Waals surface area contributed by atoms with Gasteiger partial charge in [-0.3, -0.25) is 4.99 Å². The molecule has 0 aliphatic carbocycles. The maximum Gasteiger partial charge on any atom is 0.191 e. The molecule has 7 heteroatoms. The number of halogens is 1. The number of aliphatic hydroxyl groups is 1. The Bertz CT molecular complexity index is 525. The van der Waals surface area contributed by atoms with Gasteiger partial charge in [0, 0.05) is 45.0 Å². The normalized spacial score (nSPS) is 19.7. The Hall–Kier alpha value is -1.89. The van der Waals surface area contributed by atoms with Crippen LogP contribution in [0.3, 0.4) is 0 Å². The molecule has 0 aromatic carbocycles. The molecule has 23 heavy (non-hydrogen) atoms. The molecule has 2 heterocycles. The molecule has 2 unspecified atom stereocenters. The fourth-order valence-electron chi connectivity index (χ4n) is 2.50. The lowest BCUT2D eigenvalue weighted by Crippen LogP contribution is -2.45. The molecule has 1 aromatic rings. The van der Waals surface area contributed by atoms with Gasteiger partial charge in [-0.25, -0.2) is 9.37 Å². The van der Waals surface area contributed by atoms with E-state index in [4.69, 9.17) is 5.11 Å². The van der Waals surface area contributed by atoms with Crippen molar-refractivity contribution in [3.63, 3.8) is 0 Å². The molecular formula is C16H26FN5O. The Labute approximate surface area is 136 Å². The number of guanidine groups is 1. The van der Waals surface area contributed by atoms with Crippen molar-refractivity contribution in [1.29, 1.82) is 0 Å². The van der Waals surface area contributed by atoms with E-state index in [0.717, 1.165) is 25.5 Å². The second-order valence-corrected chi connectivity index (χ2v) is 5.89. The number of aromatic nitrogens is 1. The lowest BCUT2D eigenvalue weighted by atomic mass is 10.2. The van der Waals surface area contributed by atoms with Crippen molar-refractivity contribution in [2.45, 2.75) is 26.3 Å². The lowest BCUT2D eigenvalue weighted by molar-refractivity contribution is 0.241. The summed E-state index contributed by atoms with van der Waals surface area (Å²) in [6.45, 7) is 6.87. The predicted octanol–water partition coefficient (Wildman–Crippen LogP) is 0.983. The monoisotopic (exact) mass is 323 g/mol. The van der Waals surface area contributed by atoms with Crippen molar-refractivity contribution in [3.05, 3.63) is 24.1 Å². The summed E-state index contributed by atoms with van der Waals surface area (Å²) in [5.74, 6) is 0.993. The van der Waals surface area contributed by atoms with Crippen LogP contribution in [0.15, 0.2) is 23.3 Å². The minimum Gasteiger partial charge on any atom is -0.396 e. The van der Waals surface area contributed by atoms with Crippen molar-refractivity contribution in [3.8, 4) is 0 Å². The van der Waals surface area contributed by atoms with Crippen LogP contribution in [0, 0.1) is 11.7 Å². The number of hydrogen-bond acceptors (Lipinski definition) is 4. The molecule has 0 bridgehead atoms. The van der Waals surface area contributed by atoms with E-state index in [1.165, 1.54) is 6.07 Å².